The molecule has 0 aromatic carbocycles. The standard InChI is InChI=1S/C38H68O7/c1-5-6-15-23-35-36(45-38(3,4)44-35)24-19-14-13-18-22-33(40)34-26-25-32(43-34)21-17-12-10-8-7-9-11-16-20-31(39)28-30-27-29(2)42-37(30)41/h27,29,31-36,39-40H,5-26,28H2,1-4H3/t29?,31-,32-,33+,34+,35?,36?/m1/s1. The van der Waals surface area contributed by atoms with Crippen molar-refractivity contribution in [1.82, 2.24) is 0 Å². The van der Waals surface area contributed by atoms with E-state index in [1.54, 1.807) is 0 Å². The average molecular weight is 637 g/mol. The first-order valence-corrected chi connectivity index (χ1v) is 19.0. The van der Waals surface area contributed by atoms with Gasteiger partial charge in [-0.1, -0.05) is 103 Å². The Bertz CT molecular complexity index is 842. The number of rotatable bonds is 25. The molecular formula is C38H68O7. The topological polar surface area (TPSA) is 94.5 Å². The molecule has 7 nitrogen and oxygen atoms in total. The maximum atomic E-state index is 11.7. The summed E-state index contributed by atoms with van der Waals surface area (Å²) in [5.41, 5.74) is 0.628. The van der Waals surface area contributed by atoms with Crippen LogP contribution in [0.3, 0.4) is 0 Å². The van der Waals surface area contributed by atoms with Crippen molar-refractivity contribution in [3.05, 3.63) is 11.6 Å². The molecule has 45 heavy (non-hydrogen) atoms. The number of ether oxygens (including phenoxy) is 4. The Morgan fingerprint density at radius 3 is 1.93 bits per heavy atom. The largest absolute Gasteiger partial charge is 0.455 e. The van der Waals surface area contributed by atoms with Crippen LogP contribution in [-0.4, -0.2) is 64.7 Å². The number of carbonyl (C=O) groups excluding carboxylic acids is 1. The fourth-order valence-electron chi connectivity index (χ4n) is 7.41. The lowest BCUT2D eigenvalue weighted by molar-refractivity contribution is -0.147. The first-order chi connectivity index (χ1) is 21.7. The Morgan fingerprint density at radius 2 is 1.33 bits per heavy atom. The fraction of sp³-hybridized carbons (Fsp3) is 0.921. The molecule has 3 rings (SSSR count). The molecule has 2 saturated heterocycles. The first kappa shape index (κ1) is 38.5. The highest BCUT2D eigenvalue weighted by Gasteiger charge is 2.40. The predicted molar refractivity (Wildman–Crippen MR) is 180 cm³/mol. The molecule has 2 fully saturated rings. The van der Waals surface area contributed by atoms with Gasteiger partial charge in [0.05, 0.1) is 36.6 Å². The van der Waals surface area contributed by atoms with Crippen molar-refractivity contribution in [2.45, 2.75) is 224 Å². The monoisotopic (exact) mass is 636 g/mol. The Morgan fingerprint density at radius 1 is 0.778 bits per heavy atom. The minimum Gasteiger partial charge on any atom is -0.455 e. The third-order valence-corrected chi connectivity index (χ3v) is 9.95. The second kappa shape index (κ2) is 21.1. The molecule has 262 valence electrons. The van der Waals surface area contributed by atoms with Crippen LogP contribution >= 0.6 is 0 Å². The number of cyclic esters (lactones) is 1. The van der Waals surface area contributed by atoms with Gasteiger partial charge in [-0.3, -0.25) is 0 Å². The van der Waals surface area contributed by atoms with Crippen molar-refractivity contribution >= 4 is 5.97 Å². The molecule has 3 aliphatic rings. The number of unbranched alkanes of at least 4 members (excludes halogenated alkanes) is 12. The van der Waals surface area contributed by atoms with E-state index in [1.807, 2.05) is 26.8 Å². The molecule has 7 atom stereocenters. The molecule has 3 aliphatic heterocycles. The summed E-state index contributed by atoms with van der Waals surface area (Å²) in [6.07, 6.45) is 27.0. The summed E-state index contributed by atoms with van der Waals surface area (Å²) in [7, 11) is 0. The van der Waals surface area contributed by atoms with Gasteiger partial charge in [0.15, 0.2) is 5.79 Å². The Hall–Kier alpha value is -0.990. The van der Waals surface area contributed by atoms with Crippen LogP contribution in [0.25, 0.3) is 0 Å². The van der Waals surface area contributed by atoms with Crippen LogP contribution in [0.2, 0.25) is 0 Å². The number of aliphatic hydroxyl groups is 2. The van der Waals surface area contributed by atoms with Crippen molar-refractivity contribution in [3.8, 4) is 0 Å². The zero-order valence-electron chi connectivity index (χ0n) is 29.3. The molecule has 0 saturated carbocycles. The van der Waals surface area contributed by atoms with Crippen molar-refractivity contribution < 1.29 is 34.0 Å². The number of carbonyl (C=O) groups is 1. The second-order valence-electron chi connectivity index (χ2n) is 14.7. The van der Waals surface area contributed by atoms with Gasteiger partial charge >= 0.3 is 5.97 Å². The van der Waals surface area contributed by atoms with Gasteiger partial charge in [-0.05, 0) is 71.8 Å². The summed E-state index contributed by atoms with van der Waals surface area (Å²) in [5, 5.41) is 21.0. The van der Waals surface area contributed by atoms with E-state index < -0.39 is 11.9 Å². The average Bonchev–Trinajstić information content (AvgIpc) is 3.67. The summed E-state index contributed by atoms with van der Waals surface area (Å²) in [6.45, 7) is 8.17. The van der Waals surface area contributed by atoms with Gasteiger partial charge < -0.3 is 29.2 Å². The van der Waals surface area contributed by atoms with Crippen molar-refractivity contribution in [1.29, 1.82) is 0 Å². The zero-order chi connectivity index (χ0) is 32.5. The summed E-state index contributed by atoms with van der Waals surface area (Å²) in [5.74, 6) is -0.723. The minimum atomic E-state index is -0.452. The van der Waals surface area contributed by atoms with Crippen LogP contribution in [0.5, 0.6) is 0 Å². The maximum absolute atomic E-state index is 11.7. The van der Waals surface area contributed by atoms with Crippen LogP contribution in [0, 0.1) is 0 Å². The second-order valence-corrected chi connectivity index (χ2v) is 14.7. The van der Waals surface area contributed by atoms with Crippen molar-refractivity contribution in [2.75, 3.05) is 0 Å². The summed E-state index contributed by atoms with van der Waals surface area (Å²) in [6, 6.07) is 0. The molecule has 0 spiro atoms. The van der Waals surface area contributed by atoms with E-state index in [0.29, 0.717) is 18.1 Å². The van der Waals surface area contributed by atoms with E-state index in [0.717, 1.165) is 77.0 Å². The smallest absolute Gasteiger partial charge is 0.334 e. The van der Waals surface area contributed by atoms with E-state index in [2.05, 4.69) is 6.92 Å². The predicted octanol–water partition coefficient (Wildman–Crippen LogP) is 8.86. The van der Waals surface area contributed by atoms with E-state index in [-0.39, 0.29) is 36.5 Å². The van der Waals surface area contributed by atoms with Crippen molar-refractivity contribution in [3.63, 3.8) is 0 Å². The van der Waals surface area contributed by atoms with E-state index in [1.165, 1.54) is 64.2 Å². The molecule has 0 bridgehead atoms. The quantitative estimate of drug-likeness (QED) is 0.0764. The maximum Gasteiger partial charge on any atom is 0.334 e. The van der Waals surface area contributed by atoms with E-state index in [9.17, 15) is 15.0 Å². The lowest BCUT2D eigenvalue weighted by Gasteiger charge is -2.19. The third kappa shape index (κ3) is 15.2. The number of esters is 1. The van der Waals surface area contributed by atoms with Crippen LogP contribution in [-0.2, 0) is 23.7 Å². The third-order valence-electron chi connectivity index (χ3n) is 9.95. The molecule has 0 amide bonds. The molecule has 2 N–H and O–H groups in total. The normalized spacial score (nSPS) is 27.6. The Balaban J connectivity index is 1.10. The summed E-state index contributed by atoms with van der Waals surface area (Å²) < 4.78 is 23.7. The number of hydrogen-bond acceptors (Lipinski definition) is 7. The van der Waals surface area contributed by atoms with Crippen LogP contribution in [0.1, 0.15) is 175 Å². The lowest BCUT2D eigenvalue weighted by Crippen LogP contribution is -2.26. The van der Waals surface area contributed by atoms with Gasteiger partial charge in [-0.25, -0.2) is 4.79 Å². The highest BCUT2D eigenvalue weighted by Crippen LogP contribution is 2.34. The molecule has 0 aromatic heterocycles. The molecule has 0 radical (unpaired) electrons. The van der Waals surface area contributed by atoms with Gasteiger partial charge in [-0.15, -0.1) is 0 Å². The van der Waals surface area contributed by atoms with Gasteiger partial charge in [0.25, 0.3) is 0 Å². The van der Waals surface area contributed by atoms with Crippen LogP contribution in [0.15, 0.2) is 11.6 Å². The van der Waals surface area contributed by atoms with Gasteiger partial charge in [0, 0.05) is 12.0 Å². The molecule has 0 aromatic rings. The van der Waals surface area contributed by atoms with Gasteiger partial charge in [-0.2, -0.15) is 0 Å². The lowest BCUT2D eigenvalue weighted by atomic mass is 9.99. The van der Waals surface area contributed by atoms with E-state index >= 15 is 0 Å². The van der Waals surface area contributed by atoms with Crippen LogP contribution in [0.4, 0.5) is 0 Å². The molecule has 3 unspecified atom stereocenters. The Kier molecular flexibility index (Phi) is 18.0. The van der Waals surface area contributed by atoms with Crippen LogP contribution < -0.4 is 0 Å². The zero-order valence-corrected chi connectivity index (χ0v) is 29.3. The van der Waals surface area contributed by atoms with E-state index in [4.69, 9.17) is 18.9 Å². The Labute approximate surface area is 275 Å². The highest BCUT2D eigenvalue weighted by molar-refractivity contribution is 5.90. The summed E-state index contributed by atoms with van der Waals surface area (Å²) in [4.78, 5) is 11.7. The van der Waals surface area contributed by atoms with Crippen molar-refractivity contribution in [2.24, 2.45) is 0 Å². The summed E-state index contributed by atoms with van der Waals surface area (Å²) >= 11 is 0. The molecule has 3 heterocycles. The highest BCUT2D eigenvalue weighted by atomic mass is 16.7. The number of hydrogen-bond donors (Lipinski definition) is 2. The molecule has 0 aliphatic carbocycles. The minimum absolute atomic E-state index is 0.0240. The molecule has 7 heteroatoms. The molecular weight excluding hydrogens is 568 g/mol. The fourth-order valence-corrected chi connectivity index (χ4v) is 7.41. The first-order valence-electron chi connectivity index (χ1n) is 19.0. The van der Waals surface area contributed by atoms with Gasteiger partial charge in [0.1, 0.15) is 6.10 Å². The van der Waals surface area contributed by atoms with Gasteiger partial charge in [0.2, 0.25) is 0 Å². The number of aliphatic hydroxyl groups excluding tert-OH is 2. The SMILES string of the molecule is CCCCCC1OC(C)(C)OC1CCCCCC[C@H](O)[C@@H]1CC[C@@H](CCCCCCCCCC[C@@H](O)CC2=CC(C)OC2=O)O1.